The number of rotatable bonds is 7. The number of aliphatic hydroxyl groups excluding tert-OH is 1. The first-order chi connectivity index (χ1) is 7.02. The lowest BCUT2D eigenvalue weighted by Crippen LogP contribution is -2.32. The van der Waals surface area contributed by atoms with E-state index in [1.807, 2.05) is 6.92 Å². The highest BCUT2D eigenvalue weighted by Gasteiger charge is 2.19. The molecular formula is C8H16N2O3S2. The Balaban J connectivity index is 4.09. The molecule has 0 radical (unpaired) electrons. The van der Waals surface area contributed by atoms with Gasteiger partial charge in [0, 0.05) is 18.7 Å². The van der Waals surface area contributed by atoms with Crippen molar-refractivity contribution < 1.29 is 14.7 Å². The van der Waals surface area contributed by atoms with Crippen LogP contribution in [-0.2, 0) is 9.59 Å². The molecule has 2 amide bonds. The molecule has 0 aliphatic carbocycles. The SMILES string of the molecule is CCN(SCCO)C(=O)CC(S)C(N)=O. The lowest BCUT2D eigenvalue weighted by molar-refractivity contribution is -0.128. The van der Waals surface area contributed by atoms with E-state index in [1.165, 1.54) is 16.3 Å². The zero-order valence-electron chi connectivity index (χ0n) is 8.55. The van der Waals surface area contributed by atoms with Crippen LogP contribution >= 0.6 is 24.6 Å². The first-order valence-electron chi connectivity index (χ1n) is 4.54. The topological polar surface area (TPSA) is 83.6 Å². The van der Waals surface area contributed by atoms with Gasteiger partial charge >= 0.3 is 0 Å². The predicted molar refractivity (Wildman–Crippen MR) is 63.5 cm³/mol. The molecule has 5 nitrogen and oxygen atoms in total. The molecule has 3 N–H and O–H groups in total. The van der Waals surface area contributed by atoms with Crippen molar-refractivity contribution in [1.82, 2.24) is 4.31 Å². The number of hydrogen-bond acceptors (Lipinski definition) is 5. The molecule has 0 rings (SSSR count). The van der Waals surface area contributed by atoms with Crippen molar-refractivity contribution in [3.05, 3.63) is 0 Å². The van der Waals surface area contributed by atoms with Crippen molar-refractivity contribution in [3.8, 4) is 0 Å². The molecule has 0 saturated carbocycles. The molecule has 0 spiro atoms. The molecule has 0 heterocycles. The third-order valence-corrected chi connectivity index (χ3v) is 3.18. The van der Waals surface area contributed by atoms with Crippen LogP contribution in [0.25, 0.3) is 0 Å². The van der Waals surface area contributed by atoms with Gasteiger partial charge in [0.25, 0.3) is 0 Å². The second-order valence-corrected chi connectivity index (χ2v) is 4.50. The molecule has 0 bridgehead atoms. The molecular weight excluding hydrogens is 236 g/mol. The fraction of sp³-hybridized carbons (Fsp3) is 0.750. The van der Waals surface area contributed by atoms with Crippen LogP contribution in [0.3, 0.4) is 0 Å². The van der Waals surface area contributed by atoms with Crippen LogP contribution in [0, 0.1) is 0 Å². The number of hydrogen-bond donors (Lipinski definition) is 3. The van der Waals surface area contributed by atoms with Crippen LogP contribution < -0.4 is 5.73 Å². The Morgan fingerprint density at radius 3 is 2.60 bits per heavy atom. The summed E-state index contributed by atoms with van der Waals surface area (Å²) in [5.74, 6) is -0.349. The molecule has 0 fully saturated rings. The molecule has 1 unspecified atom stereocenters. The number of thiol groups is 1. The largest absolute Gasteiger partial charge is 0.395 e. The highest BCUT2D eigenvalue weighted by atomic mass is 32.2. The second-order valence-electron chi connectivity index (χ2n) is 2.77. The van der Waals surface area contributed by atoms with E-state index in [1.54, 1.807) is 0 Å². The zero-order chi connectivity index (χ0) is 11.8. The molecule has 0 aromatic heterocycles. The van der Waals surface area contributed by atoms with Gasteiger partial charge in [0.1, 0.15) is 0 Å². The molecule has 0 aromatic carbocycles. The molecule has 15 heavy (non-hydrogen) atoms. The van der Waals surface area contributed by atoms with Crippen LogP contribution in [-0.4, -0.2) is 45.4 Å². The maximum absolute atomic E-state index is 11.6. The lowest BCUT2D eigenvalue weighted by atomic mass is 10.3. The third-order valence-electron chi connectivity index (χ3n) is 1.60. The molecule has 7 heteroatoms. The lowest BCUT2D eigenvalue weighted by Gasteiger charge is -2.19. The molecule has 0 saturated heterocycles. The summed E-state index contributed by atoms with van der Waals surface area (Å²) in [6.45, 7) is 2.34. The summed E-state index contributed by atoms with van der Waals surface area (Å²) >= 11 is 5.14. The Morgan fingerprint density at radius 2 is 2.20 bits per heavy atom. The number of primary amides is 1. The number of carbonyl (C=O) groups excluding carboxylic acids is 2. The maximum atomic E-state index is 11.6. The van der Waals surface area contributed by atoms with Crippen LogP contribution in [0.5, 0.6) is 0 Å². The first-order valence-corrected chi connectivity index (χ1v) is 6.00. The van der Waals surface area contributed by atoms with Gasteiger partial charge in [-0.1, -0.05) is 0 Å². The number of carbonyl (C=O) groups is 2. The predicted octanol–water partition coefficient (Wildman–Crippen LogP) is -0.351. The summed E-state index contributed by atoms with van der Waals surface area (Å²) in [4.78, 5) is 22.2. The van der Waals surface area contributed by atoms with Crippen LogP contribution in [0.4, 0.5) is 0 Å². The van der Waals surface area contributed by atoms with Crippen molar-refractivity contribution >= 4 is 36.4 Å². The summed E-state index contributed by atoms with van der Waals surface area (Å²) < 4.78 is 1.49. The van der Waals surface area contributed by atoms with Gasteiger partial charge < -0.3 is 10.8 Å². The summed E-state index contributed by atoms with van der Waals surface area (Å²) in [6.07, 6.45) is -0.00921. The van der Waals surface area contributed by atoms with Crippen molar-refractivity contribution in [3.63, 3.8) is 0 Å². The monoisotopic (exact) mass is 252 g/mol. The van der Waals surface area contributed by atoms with Gasteiger partial charge in [-0.2, -0.15) is 12.6 Å². The van der Waals surface area contributed by atoms with E-state index < -0.39 is 11.2 Å². The standard InChI is InChI=1S/C8H16N2O3S2/c1-2-10(15-4-3-11)7(12)5-6(14)8(9)13/h6,11,14H,2-5H2,1H3,(H2,9,13). The zero-order valence-corrected chi connectivity index (χ0v) is 10.3. The Kier molecular flexibility index (Phi) is 7.63. The number of aliphatic hydroxyl groups is 1. The summed E-state index contributed by atoms with van der Waals surface area (Å²) in [6, 6.07) is 0. The summed E-state index contributed by atoms with van der Waals surface area (Å²) in [7, 11) is 0. The Morgan fingerprint density at radius 1 is 1.60 bits per heavy atom. The van der Waals surface area contributed by atoms with Gasteiger partial charge in [0.05, 0.1) is 11.9 Å². The Bertz CT molecular complexity index is 226. The molecule has 1 atom stereocenters. The van der Waals surface area contributed by atoms with Crippen LogP contribution in [0.2, 0.25) is 0 Å². The third kappa shape index (κ3) is 5.91. The minimum absolute atomic E-state index is 0.00850. The molecule has 0 aliphatic rings. The molecule has 88 valence electrons. The van der Waals surface area contributed by atoms with Crippen LogP contribution in [0.15, 0.2) is 0 Å². The molecule has 0 aliphatic heterocycles. The minimum atomic E-state index is -0.749. The summed E-state index contributed by atoms with van der Waals surface area (Å²) in [5.41, 5.74) is 4.99. The van der Waals surface area contributed by atoms with Gasteiger partial charge in [0.2, 0.25) is 11.8 Å². The van der Waals surface area contributed by atoms with Crippen molar-refractivity contribution in [2.24, 2.45) is 5.73 Å². The van der Waals surface area contributed by atoms with E-state index in [-0.39, 0.29) is 18.9 Å². The fourth-order valence-corrected chi connectivity index (χ4v) is 1.72. The number of amides is 2. The van der Waals surface area contributed by atoms with E-state index in [9.17, 15) is 9.59 Å². The van der Waals surface area contributed by atoms with Gasteiger partial charge in [-0.25, -0.2) is 0 Å². The Labute approximate surface area is 98.9 Å². The average molecular weight is 252 g/mol. The quantitative estimate of drug-likeness (QED) is 0.427. The van der Waals surface area contributed by atoms with Gasteiger partial charge in [-0.05, 0) is 18.9 Å². The van der Waals surface area contributed by atoms with E-state index in [2.05, 4.69) is 12.6 Å². The van der Waals surface area contributed by atoms with E-state index >= 15 is 0 Å². The second kappa shape index (κ2) is 7.84. The van der Waals surface area contributed by atoms with Crippen molar-refractivity contribution in [1.29, 1.82) is 0 Å². The number of nitrogens with zero attached hydrogens (tertiary/aromatic N) is 1. The van der Waals surface area contributed by atoms with Gasteiger partial charge in [0.15, 0.2) is 0 Å². The first kappa shape index (κ1) is 14.6. The minimum Gasteiger partial charge on any atom is -0.395 e. The normalized spacial score (nSPS) is 12.2. The van der Waals surface area contributed by atoms with Crippen molar-refractivity contribution in [2.75, 3.05) is 18.9 Å². The van der Waals surface area contributed by atoms with E-state index in [0.717, 1.165) is 0 Å². The van der Waals surface area contributed by atoms with Crippen LogP contribution in [0.1, 0.15) is 13.3 Å². The maximum Gasteiger partial charge on any atom is 0.234 e. The highest BCUT2D eigenvalue weighted by molar-refractivity contribution is 7.97. The number of nitrogens with two attached hydrogens (primary N) is 1. The fourth-order valence-electron chi connectivity index (χ4n) is 0.858. The highest BCUT2D eigenvalue weighted by Crippen LogP contribution is 2.13. The van der Waals surface area contributed by atoms with E-state index in [0.29, 0.717) is 12.3 Å². The van der Waals surface area contributed by atoms with E-state index in [4.69, 9.17) is 10.8 Å². The average Bonchev–Trinajstić information content (AvgIpc) is 2.18. The smallest absolute Gasteiger partial charge is 0.234 e. The molecule has 0 aromatic rings. The van der Waals surface area contributed by atoms with Crippen molar-refractivity contribution in [2.45, 2.75) is 18.6 Å². The van der Waals surface area contributed by atoms with Gasteiger partial charge in [-0.15, -0.1) is 0 Å². The summed E-state index contributed by atoms with van der Waals surface area (Å²) in [5, 5.41) is 7.87. The van der Waals surface area contributed by atoms with Gasteiger partial charge in [-0.3, -0.25) is 13.9 Å². The Hall–Kier alpha value is -0.400.